The van der Waals surface area contributed by atoms with Crippen LogP contribution in [-0.4, -0.2) is 4.57 Å². The monoisotopic (exact) mass is 367 g/mol. The molecular weight excluding hydrogens is 348 g/mol. The highest BCUT2D eigenvalue weighted by molar-refractivity contribution is 9.10. The van der Waals surface area contributed by atoms with Gasteiger partial charge in [0.1, 0.15) is 11.9 Å². The van der Waals surface area contributed by atoms with Crippen LogP contribution in [-0.2, 0) is 13.0 Å². The highest BCUT2D eigenvalue weighted by atomic mass is 79.9. The Morgan fingerprint density at radius 3 is 2.43 bits per heavy atom. The lowest BCUT2D eigenvalue weighted by Gasteiger charge is -2.03. The Bertz CT molecular complexity index is 804. The van der Waals surface area contributed by atoms with Gasteiger partial charge < -0.3 is 0 Å². The number of benzene rings is 2. The fourth-order valence-corrected chi connectivity index (χ4v) is 3.70. The summed E-state index contributed by atoms with van der Waals surface area (Å²) in [5, 5.41) is 0. The van der Waals surface area contributed by atoms with Gasteiger partial charge in [0.15, 0.2) is 5.69 Å². The number of nitrogens with zero attached hydrogens (tertiary/aromatic N) is 2. The van der Waals surface area contributed by atoms with Gasteiger partial charge in [-0.15, -0.1) is 0 Å². The second-order valence-corrected chi connectivity index (χ2v) is 7.02. The number of aromatic nitrogens is 2. The first-order chi connectivity index (χ1) is 11.3. The Morgan fingerprint density at radius 1 is 0.870 bits per heavy atom. The summed E-state index contributed by atoms with van der Waals surface area (Å²) in [4.78, 5) is 0. The normalized spacial score (nSPS) is 14.3. The molecule has 1 aromatic heterocycles. The van der Waals surface area contributed by atoms with Crippen LogP contribution in [0.5, 0.6) is 0 Å². The van der Waals surface area contributed by atoms with Crippen molar-refractivity contribution in [3.8, 4) is 16.9 Å². The number of imidazole rings is 1. The van der Waals surface area contributed by atoms with Crippen molar-refractivity contribution in [2.75, 3.05) is 0 Å². The van der Waals surface area contributed by atoms with Gasteiger partial charge in [-0.1, -0.05) is 34.1 Å². The van der Waals surface area contributed by atoms with Crippen LogP contribution in [0.3, 0.4) is 0 Å². The third-order valence-electron chi connectivity index (χ3n) is 4.59. The lowest BCUT2D eigenvalue weighted by atomic mass is 10.1. The zero-order valence-electron chi connectivity index (χ0n) is 13.1. The van der Waals surface area contributed by atoms with Gasteiger partial charge in [0.2, 0.25) is 0 Å². The van der Waals surface area contributed by atoms with Crippen LogP contribution in [0.2, 0.25) is 0 Å². The largest absolute Gasteiger partial charge is 0.262 e. The van der Waals surface area contributed by atoms with Crippen LogP contribution in [0.4, 0.5) is 0 Å². The van der Waals surface area contributed by atoms with E-state index in [1.807, 2.05) is 0 Å². The number of hydrogen-bond donors (Lipinski definition) is 0. The number of fused-ring (bicyclic) bond motifs is 1. The van der Waals surface area contributed by atoms with Crippen molar-refractivity contribution in [1.82, 2.24) is 4.57 Å². The molecule has 2 heterocycles. The molecule has 0 amide bonds. The van der Waals surface area contributed by atoms with Gasteiger partial charge in [-0.3, -0.25) is 0 Å². The van der Waals surface area contributed by atoms with E-state index in [0.717, 1.165) is 17.4 Å². The van der Waals surface area contributed by atoms with Crippen molar-refractivity contribution < 1.29 is 4.57 Å². The van der Waals surface area contributed by atoms with E-state index in [4.69, 9.17) is 0 Å². The van der Waals surface area contributed by atoms with Crippen LogP contribution in [0, 0.1) is 0 Å². The Hall–Kier alpha value is -1.87. The summed E-state index contributed by atoms with van der Waals surface area (Å²) in [5.74, 6) is 1.42. The van der Waals surface area contributed by atoms with Gasteiger partial charge in [0.05, 0.1) is 6.54 Å². The van der Waals surface area contributed by atoms with Crippen molar-refractivity contribution in [1.29, 1.82) is 0 Å². The predicted octanol–water partition coefficient (Wildman–Crippen LogP) is 4.92. The summed E-state index contributed by atoms with van der Waals surface area (Å²) < 4.78 is 6.02. The van der Waals surface area contributed by atoms with E-state index >= 15 is 0 Å². The highest BCUT2D eigenvalue weighted by Crippen LogP contribution is 2.24. The van der Waals surface area contributed by atoms with Crippen LogP contribution < -0.4 is 4.57 Å². The van der Waals surface area contributed by atoms with Crippen molar-refractivity contribution in [2.45, 2.75) is 32.2 Å². The Balaban J connectivity index is 1.89. The predicted molar refractivity (Wildman–Crippen MR) is 96.7 cm³/mol. The molecular formula is C20H20BrN2+. The van der Waals surface area contributed by atoms with Crippen LogP contribution in [0.25, 0.3) is 16.9 Å². The molecule has 1 aliphatic heterocycles. The van der Waals surface area contributed by atoms with Gasteiger partial charge in [0.25, 0.3) is 5.82 Å². The maximum Gasteiger partial charge on any atom is 0.262 e. The molecule has 0 radical (unpaired) electrons. The van der Waals surface area contributed by atoms with E-state index in [0.29, 0.717) is 0 Å². The summed E-state index contributed by atoms with van der Waals surface area (Å²) in [6.45, 7) is 1.11. The van der Waals surface area contributed by atoms with Crippen molar-refractivity contribution >= 4 is 15.9 Å². The first-order valence-corrected chi connectivity index (χ1v) is 9.08. The summed E-state index contributed by atoms with van der Waals surface area (Å²) >= 11 is 3.54. The number of para-hydroxylation sites is 1. The molecule has 1 aliphatic rings. The summed E-state index contributed by atoms with van der Waals surface area (Å²) in [6.07, 6.45) is 7.30. The molecule has 0 spiro atoms. The Labute approximate surface area is 145 Å². The summed E-state index contributed by atoms with van der Waals surface area (Å²) in [6, 6.07) is 19.3. The molecule has 0 fully saturated rings. The Kier molecular flexibility index (Phi) is 4.04. The zero-order valence-corrected chi connectivity index (χ0v) is 14.7. The maximum atomic E-state index is 3.54. The van der Waals surface area contributed by atoms with Crippen LogP contribution in [0.15, 0.2) is 65.3 Å². The zero-order chi connectivity index (χ0) is 15.6. The number of halogens is 1. The van der Waals surface area contributed by atoms with Gasteiger partial charge >= 0.3 is 0 Å². The standard InChI is InChI=1S/C20H20BrN2/c21-17-12-10-16(11-13-17)19-15-23(18-7-3-1-4-8-18)20-9-5-2-6-14-22(19)20/h1,3-4,7-8,10-13,15H,2,5-6,9,14H2/q+1. The molecule has 4 rings (SSSR count). The molecule has 0 N–H and O–H groups in total. The fourth-order valence-electron chi connectivity index (χ4n) is 3.43. The van der Waals surface area contributed by atoms with E-state index in [9.17, 15) is 0 Å². The minimum absolute atomic E-state index is 1.11. The minimum Gasteiger partial charge on any atom is -0.227 e. The average molecular weight is 368 g/mol. The van der Waals surface area contributed by atoms with E-state index in [2.05, 4.69) is 85.9 Å². The van der Waals surface area contributed by atoms with Crippen molar-refractivity contribution in [3.05, 3.63) is 71.1 Å². The number of hydrogen-bond acceptors (Lipinski definition) is 0. The molecule has 0 atom stereocenters. The molecule has 2 nitrogen and oxygen atoms in total. The van der Waals surface area contributed by atoms with Gasteiger partial charge in [-0.05, 0) is 55.7 Å². The second kappa shape index (κ2) is 6.32. The lowest BCUT2D eigenvalue weighted by Crippen LogP contribution is -2.38. The molecule has 0 saturated heterocycles. The summed E-state index contributed by atoms with van der Waals surface area (Å²) in [7, 11) is 0. The molecule has 0 unspecified atom stereocenters. The van der Waals surface area contributed by atoms with E-state index in [1.165, 1.54) is 42.0 Å². The smallest absolute Gasteiger partial charge is 0.227 e. The van der Waals surface area contributed by atoms with Crippen molar-refractivity contribution in [3.63, 3.8) is 0 Å². The quantitative estimate of drug-likeness (QED) is 0.568. The van der Waals surface area contributed by atoms with Crippen molar-refractivity contribution in [2.24, 2.45) is 0 Å². The van der Waals surface area contributed by atoms with Crippen LogP contribution >= 0.6 is 15.9 Å². The third-order valence-corrected chi connectivity index (χ3v) is 5.12. The first-order valence-electron chi connectivity index (χ1n) is 8.28. The Morgan fingerprint density at radius 2 is 1.65 bits per heavy atom. The second-order valence-electron chi connectivity index (χ2n) is 6.11. The molecule has 23 heavy (non-hydrogen) atoms. The average Bonchev–Trinajstić information content (AvgIpc) is 2.78. The molecule has 0 aliphatic carbocycles. The van der Waals surface area contributed by atoms with E-state index in [1.54, 1.807) is 0 Å². The minimum atomic E-state index is 1.11. The molecule has 116 valence electrons. The fraction of sp³-hybridized carbons (Fsp3) is 0.250. The number of rotatable bonds is 2. The molecule has 0 saturated carbocycles. The first kappa shape index (κ1) is 14.7. The molecule has 3 heteroatoms. The van der Waals surface area contributed by atoms with Gasteiger partial charge in [-0.25, -0.2) is 4.57 Å². The van der Waals surface area contributed by atoms with Crippen LogP contribution in [0.1, 0.15) is 25.1 Å². The molecule has 0 bridgehead atoms. The topological polar surface area (TPSA) is 8.81 Å². The summed E-state index contributed by atoms with van der Waals surface area (Å²) in [5.41, 5.74) is 3.85. The maximum absolute atomic E-state index is 3.54. The van der Waals surface area contributed by atoms with E-state index < -0.39 is 0 Å². The SMILES string of the molecule is Brc1ccc(-c2cn(-c3ccccc3)c3[n+]2CCCCC3)cc1. The third kappa shape index (κ3) is 2.86. The van der Waals surface area contributed by atoms with Gasteiger partial charge in [0, 0.05) is 16.5 Å². The lowest BCUT2D eigenvalue weighted by molar-refractivity contribution is -0.692. The molecule has 3 aromatic rings. The van der Waals surface area contributed by atoms with Gasteiger partial charge in [-0.2, -0.15) is 4.57 Å². The molecule has 2 aromatic carbocycles. The van der Waals surface area contributed by atoms with E-state index in [-0.39, 0.29) is 0 Å². The highest BCUT2D eigenvalue weighted by Gasteiger charge is 2.26.